The smallest absolute Gasteiger partial charge is 0.262 e. The standard InChI is InChI=1S/C23H22ClNO3/c1-16-11-21(12-17(2)23(16)24)28-15-22(26)25-19-9-6-10-20(13-19)27-14-18-7-4-3-5-8-18/h3-13H,14-15H2,1-2H3,(H,25,26). The molecule has 0 atom stereocenters. The van der Waals surface area contributed by atoms with Gasteiger partial charge in [0.25, 0.3) is 5.91 Å². The molecule has 28 heavy (non-hydrogen) atoms. The van der Waals surface area contributed by atoms with E-state index in [1.807, 2.05) is 74.5 Å². The number of halogens is 1. The topological polar surface area (TPSA) is 47.6 Å². The zero-order valence-corrected chi connectivity index (χ0v) is 16.6. The summed E-state index contributed by atoms with van der Waals surface area (Å²) in [7, 11) is 0. The van der Waals surface area contributed by atoms with Crippen LogP contribution < -0.4 is 14.8 Å². The highest BCUT2D eigenvalue weighted by molar-refractivity contribution is 6.32. The van der Waals surface area contributed by atoms with Gasteiger partial charge in [0.05, 0.1) is 0 Å². The van der Waals surface area contributed by atoms with Crippen molar-refractivity contribution >= 4 is 23.2 Å². The van der Waals surface area contributed by atoms with Crippen LogP contribution >= 0.6 is 11.6 Å². The second-order valence-electron chi connectivity index (χ2n) is 6.51. The van der Waals surface area contributed by atoms with E-state index < -0.39 is 0 Å². The highest BCUT2D eigenvalue weighted by Gasteiger charge is 2.08. The summed E-state index contributed by atoms with van der Waals surface area (Å²) in [6, 6.07) is 20.8. The van der Waals surface area contributed by atoms with Crippen LogP contribution in [0.3, 0.4) is 0 Å². The number of amides is 1. The quantitative estimate of drug-likeness (QED) is 0.570. The Bertz CT molecular complexity index is 934. The van der Waals surface area contributed by atoms with E-state index in [1.165, 1.54) is 0 Å². The number of carbonyl (C=O) groups excluding carboxylic acids is 1. The highest BCUT2D eigenvalue weighted by Crippen LogP contribution is 2.26. The van der Waals surface area contributed by atoms with Crippen LogP contribution in [-0.4, -0.2) is 12.5 Å². The van der Waals surface area contributed by atoms with Gasteiger partial charge < -0.3 is 14.8 Å². The number of rotatable bonds is 7. The molecule has 0 aliphatic carbocycles. The third-order valence-corrected chi connectivity index (χ3v) is 4.74. The first kappa shape index (κ1) is 19.8. The van der Waals surface area contributed by atoms with Crippen LogP contribution in [0.25, 0.3) is 0 Å². The molecular weight excluding hydrogens is 374 g/mol. The minimum atomic E-state index is -0.245. The molecule has 0 saturated carbocycles. The first-order chi connectivity index (χ1) is 13.5. The van der Waals surface area contributed by atoms with E-state index in [9.17, 15) is 4.79 Å². The van der Waals surface area contributed by atoms with Crippen LogP contribution in [0.1, 0.15) is 16.7 Å². The number of anilines is 1. The number of aryl methyl sites for hydroxylation is 2. The van der Waals surface area contributed by atoms with Crippen molar-refractivity contribution in [1.29, 1.82) is 0 Å². The number of carbonyl (C=O) groups is 1. The Morgan fingerprint density at radius 2 is 1.61 bits per heavy atom. The van der Waals surface area contributed by atoms with Gasteiger partial charge >= 0.3 is 0 Å². The largest absolute Gasteiger partial charge is 0.489 e. The van der Waals surface area contributed by atoms with E-state index in [2.05, 4.69) is 5.32 Å². The Morgan fingerprint density at radius 3 is 2.32 bits per heavy atom. The predicted molar refractivity (Wildman–Crippen MR) is 112 cm³/mol. The summed E-state index contributed by atoms with van der Waals surface area (Å²) < 4.78 is 11.4. The molecule has 0 bridgehead atoms. The lowest BCUT2D eigenvalue weighted by molar-refractivity contribution is -0.118. The van der Waals surface area contributed by atoms with Crippen molar-refractivity contribution in [2.75, 3.05) is 11.9 Å². The lowest BCUT2D eigenvalue weighted by Gasteiger charge is -2.11. The monoisotopic (exact) mass is 395 g/mol. The second kappa shape index (κ2) is 9.29. The lowest BCUT2D eigenvalue weighted by atomic mass is 10.1. The molecule has 0 aliphatic heterocycles. The summed E-state index contributed by atoms with van der Waals surface area (Å²) in [5, 5.41) is 3.53. The SMILES string of the molecule is Cc1cc(OCC(=O)Nc2cccc(OCc3ccccc3)c2)cc(C)c1Cl. The molecule has 3 aromatic carbocycles. The molecule has 5 heteroatoms. The van der Waals surface area contributed by atoms with E-state index in [0.717, 1.165) is 16.7 Å². The van der Waals surface area contributed by atoms with Gasteiger partial charge in [-0.3, -0.25) is 4.79 Å². The summed E-state index contributed by atoms with van der Waals surface area (Å²) in [5.41, 5.74) is 3.57. The Hall–Kier alpha value is -2.98. The third-order valence-electron chi connectivity index (χ3n) is 4.15. The predicted octanol–water partition coefficient (Wildman–Crippen LogP) is 5.55. The molecule has 0 aromatic heterocycles. The Balaban J connectivity index is 1.54. The van der Waals surface area contributed by atoms with Crippen molar-refractivity contribution in [3.05, 3.63) is 88.4 Å². The molecule has 0 aliphatic rings. The third kappa shape index (κ3) is 5.51. The molecular formula is C23H22ClNO3. The van der Waals surface area contributed by atoms with Crippen molar-refractivity contribution < 1.29 is 14.3 Å². The number of hydrogen-bond donors (Lipinski definition) is 1. The number of benzene rings is 3. The molecule has 0 spiro atoms. The Morgan fingerprint density at radius 1 is 0.893 bits per heavy atom. The zero-order chi connectivity index (χ0) is 19.9. The Kier molecular flexibility index (Phi) is 6.56. The summed E-state index contributed by atoms with van der Waals surface area (Å²) in [4.78, 5) is 12.2. The van der Waals surface area contributed by atoms with E-state index in [0.29, 0.717) is 28.8 Å². The van der Waals surface area contributed by atoms with Crippen LogP contribution in [0.5, 0.6) is 11.5 Å². The first-order valence-corrected chi connectivity index (χ1v) is 9.35. The molecule has 0 heterocycles. The maximum absolute atomic E-state index is 12.2. The van der Waals surface area contributed by atoms with Gasteiger partial charge in [-0.05, 0) is 54.8 Å². The van der Waals surface area contributed by atoms with Gasteiger partial charge in [0.15, 0.2) is 6.61 Å². The normalized spacial score (nSPS) is 10.4. The molecule has 0 saturated heterocycles. The van der Waals surface area contributed by atoms with Crippen molar-refractivity contribution in [2.45, 2.75) is 20.5 Å². The van der Waals surface area contributed by atoms with Crippen LogP contribution in [0, 0.1) is 13.8 Å². The van der Waals surface area contributed by atoms with Gasteiger partial charge in [0.2, 0.25) is 0 Å². The summed E-state index contributed by atoms with van der Waals surface area (Å²) >= 11 is 6.15. The van der Waals surface area contributed by atoms with E-state index in [1.54, 1.807) is 6.07 Å². The fourth-order valence-corrected chi connectivity index (χ4v) is 2.85. The summed E-state index contributed by atoms with van der Waals surface area (Å²) in [6.45, 7) is 4.19. The highest BCUT2D eigenvalue weighted by atomic mass is 35.5. The van der Waals surface area contributed by atoms with Gasteiger partial charge in [-0.1, -0.05) is 48.0 Å². The minimum absolute atomic E-state index is 0.0877. The Labute approximate surface area is 170 Å². The van der Waals surface area contributed by atoms with Crippen LogP contribution in [0.4, 0.5) is 5.69 Å². The average Bonchev–Trinajstić information content (AvgIpc) is 2.70. The van der Waals surface area contributed by atoms with Crippen LogP contribution in [0.2, 0.25) is 5.02 Å². The first-order valence-electron chi connectivity index (χ1n) is 8.97. The maximum atomic E-state index is 12.2. The van der Waals surface area contributed by atoms with Crippen LogP contribution in [-0.2, 0) is 11.4 Å². The van der Waals surface area contributed by atoms with Gasteiger partial charge in [-0.25, -0.2) is 0 Å². The number of ether oxygens (including phenoxy) is 2. The van der Waals surface area contributed by atoms with E-state index in [-0.39, 0.29) is 12.5 Å². The molecule has 3 rings (SSSR count). The van der Waals surface area contributed by atoms with Crippen molar-refractivity contribution in [3.8, 4) is 11.5 Å². The number of hydrogen-bond acceptors (Lipinski definition) is 3. The summed E-state index contributed by atoms with van der Waals surface area (Å²) in [5.74, 6) is 1.06. The van der Waals surface area contributed by atoms with E-state index in [4.69, 9.17) is 21.1 Å². The van der Waals surface area contributed by atoms with Crippen molar-refractivity contribution in [1.82, 2.24) is 0 Å². The lowest BCUT2D eigenvalue weighted by Crippen LogP contribution is -2.20. The minimum Gasteiger partial charge on any atom is -0.489 e. The fraction of sp³-hybridized carbons (Fsp3) is 0.174. The van der Waals surface area contributed by atoms with Crippen molar-refractivity contribution in [3.63, 3.8) is 0 Å². The summed E-state index contributed by atoms with van der Waals surface area (Å²) in [6.07, 6.45) is 0. The zero-order valence-electron chi connectivity index (χ0n) is 15.9. The van der Waals surface area contributed by atoms with Crippen LogP contribution in [0.15, 0.2) is 66.7 Å². The second-order valence-corrected chi connectivity index (χ2v) is 6.89. The number of nitrogens with one attached hydrogen (secondary N) is 1. The van der Waals surface area contributed by atoms with Gasteiger partial charge in [-0.2, -0.15) is 0 Å². The molecule has 0 unspecified atom stereocenters. The average molecular weight is 396 g/mol. The van der Waals surface area contributed by atoms with E-state index >= 15 is 0 Å². The molecule has 1 amide bonds. The molecule has 0 fully saturated rings. The molecule has 144 valence electrons. The molecule has 3 aromatic rings. The van der Waals surface area contributed by atoms with Gasteiger partial charge in [-0.15, -0.1) is 0 Å². The molecule has 1 N–H and O–H groups in total. The van der Waals surface area contributed by atoms with Gasteiger partial charge in [0.1, 0.15) is 18.1 Å². The fourth-order valence-electron chi connectivity index (χ4n) is 2.74. The maximum Gasteiger partial charge on any atom is 0.262 e. The molecule has 4 nitrogen and oxygen atoms in total. The molecule has 0 radical (unpaired) electrons. The van der Waals surface area contributed by atoms with Gasteiger partial charge in [0, 0.05) is 16.8 Å². The van der Waals surface area contributed by atoms with Crippen molar-refractivity contribution in [2.24, 2.45) is 0 Å².